The van der Waals surface area contributed by atoms with Crippen molar-refractivity contribution in [2.24, 2.45) is 22.2 Å². The van der Waals surface area contributed by atoms with Crippen LogP contribution in [0.5, 0.6) is 0 Å². The van der Waals surface area contributed by atoms with Gasteiger partial charge < -0.3 is 4.74 Å². The van der Waals surface area contributed by atoms with Crippen LogP contribution in [0.4, 0.5) is 0 Å². The minimum atomic E-state index is 0.229. The molecule has 4 aliphatic rings. The summed E-state index contributed by atoms with van der Waals surface area (Å²) < 4.78 is 6.22. The Labute approximate surface area is 98.9 Å². The first-order valence-corrected chi connectivity index (χ1v) is 7.10. The number of rotatable bonds is 0. The molecule has 1 heterocycles. The van der Waals surface area contributed by atoms with Crippen LogP contribution < -0.4 is 0 Å². The summed E-state index contributed by atoms with van der Waals surface area (Å²) in [5.74, 6) is 0.915. The number of ether oxygens (including phenoxy) is 1. The van der Waals surface area contributed by atoms with Crippen LogP contribution >= 0.6 is 0 Å². The highest BCUT2D eigenvalue weighted by molar-refractivity contribution is 5.35. The van der Waals surface area contributed by atoms with E-state index in [1.165, 1.54) is 32.1 Å². The highest BCUT2D eigenvalue weighted by Crippen LogP contribution is 2.86. The van der Waals surface area contributed by atoms with E-state index in [0.29, 0.717) is 22.3 Å². The first kappa shape index (κ1) is 9.94. The summed E-state index contributed by atoms with van der Waals surface area (Å²) >= 11 is 0. The van der Waals surface area contributed by atoms with Crippen molar-refractivity contribution in [1.29, 1.82) is 0 Å². The number of hydrogen-bond donors (Lipinski definition) is 0. The van der Waals surface area contributed by atoms with Gasteiger partial charge in [0, 0.05) is 10.8 Å². The van der Waals surface area contributed by atoms with E-state index in [9.17, 15) is 0 Å². The van der Waals surface area contributed by atoms with Crippen LogP contribution in [0.2, 0.25) is 0 Å². The highest BCUT2D eigenvalue weighted by Gasteiger charge is 2.88. The summed E-state index contributed by atoms with van der Waals surface area (Å²) in [4.78, 5) is 0. The van der Waals surface area contributed by atoms with E-state index in [1.807, 2.05) is 0 Å². The van der Waals surface area contributed by atoms with Crippen LogP contribution in [0.25, 0.3) is 0 Å². The van der Waals surface area contributed by atoms with Gasteiger partial charge in [-0.15, -0.1) is 0 Å². The molecule has 0 unspecified atom stereocenters. The zero-order valence-electron chi connectivity index (χ0n) is 11.1. The normalized spacial score (nSPS) is 71.2. The quantitative estimate of drug-likeness (QED) is 0.566. The van der Waals surface area contributed by atoms with Crippen molar-refractivity contribution in [3.8, 4) is 0 Å². The maximum absolute atomic E-state index is 6.22. The Kier molecular flexibility index (Phi) is 1.40. The average Bonchev–Trinajstić information content (AvgIpc) is 2.67. The van der Waals surface area contributed by atoms with E-state index in [2.05, 4.69) is 27.7 Å². The molecule has 0 aromatic rings. The van der Waals surface area contributed by atoms with E-state index in [-0.39, 0.29) is 5.60 Å². The number of epoxide rings is 1. The molecule has 0 aromatic heterocycles. The van der Waals surface area contributed by atoms with Crippen LogP contribution in [0.15, 0.2) is 0 Å². The lowest BCUT2D eigenvalue weighted by Gasteiger charge is -2.50. The third-order valence-corrected chi connectivity index (χ3v) is 7.67. The zero-order valence-corrected chi connectivity index (χ0v) is 11.1. The Hall–Kier alpha value is -0.0400. The minimum Gasteiger partial charge on any atom is -0.365 e. The van der Waals surface area contributed by atoms with Crippen LogP contribution in [-0.2, 0) is 4.74 Å². The lowest BCUT2D eigenvalue weighted by atomic mass is 9.55. The third kappa shape index (κ3) is 0.611. The molecule has 0 bridgehead atoms. The van der Waals surface area contributed by atoms with E-state index in [4.69, 9.17) is 4.74 Å². The summed E-state index contributed by atoms with van der Waals surface area (Å²) in [6, 6.07) is 0. The van der Waals surface area contributed by atoms with E-state index in [0.717, 1.165) is 5.92 Å². The smallest absolute Gasteiger partial charge is 0.0985 e. The number of hydrogen-bond acceptors (Lipinski definition) is 1. The first-order chi connectivity index (χ1) is 7.42. The van der Waals surface area contributed by atoms with Crippen molar-refractivity contribution in [1.82, 2.24) is 0 Å². The van der Waals surface area contributed by atoms with E-state index in [1.54, 1.807) is 0 Å². The Morgan fingerprint density at radius 3 is 2.56 bits per heavy atom. The predicted molar refractivity (Wildman–Crippen MR) is 64.2 cm³/mol. The van der Waals surface area contributed by atoms with Crippen LogP contribution in [-0.4, -0.2) is 11.7 Å². The Morgan fingerprint density at radius 1 is 1.06 bits per heavy atom. The molecular weight excluding hydrogens is 196 g/mol. The monoisotopic (exact) mass is 220 g/mol. The molecule has 0 radical (unpaired) electrons. The molecule has 4 fully saturated rings. The largest absolute Gasteiger partial charge is 0.365 e. The van der Waals surface area contributed by atoms with Gasteiger partial charge in [0.05, 0.1) is 11.7 Å². The molecule has 0 amide bonds. The molecule has 3 aliphatic carbocycles. The fourth-order valence-corrected chi connectivity index (χ4v) is 6.90. The van der Waals surface area contributed by atoms with Gasteiger partial charge in [-0.3, -0.25) is 0 Å². The van der Waals surface area contributed by atoms with Gasteiger partial charge in [-0.25, -0.2) is 0 Å². The van der Waals surface area contributed by atoms with E-state index >= 15 is 0 Å². The van der Waals surface area contributed by atoms with Gasteiger partial charge in [0.1, 0.15) is 0 Å². The standard InChI is InChI=1S/C15H24O/c1-10-6-9-13(3)14(4)11(16-14)12(2)7-5-8-15(10,12)13/h10-11H,5-9H2,1-4H3/t10-,11+,12+,13+,14+,15-/m0/s1. The van der Waals surface area contributed by atoms with Gasteiger partial charge in [-0.2, -0.15) is 0 Å². The van der Waals surface area contributed by atoms with Crippen LogP contribution in [0, 0.1) is 22.2 Å². The molecule has 1 heteroatoms. The van der Waals surface area contributed by atoms with Crippen LogP contribution in [0.3, 0.4) is 0 Å². The molecular formula is C15H24O. The van der Waals surface area contributed by atoms with Crippen molar-refractivity contribution in [2.45, 2.75) is 71.5 Å². The minimum absolute atomic E-state index is 0.229. The van der Waals surface area contributed by atoms with Crippen molar-refractivity contribution in [2.75, 3.05) is 0 Å². The number of fused-ring (bicyclic) bond motifs is 3. The molecule has 1 aliphatic heterocycles. The summed E-state index contributed by atoms with van der Waals surface area (Å²) in [6.45, 7) is 10.0. The first-order valence-electron chi connectivity index (χ1n) is 7.10. The topological polar surface area (TPSA) is 12.5 Å². The average molecular weight is 220 g/mol. The Balaban J connectivity index is 1.98. The second-order valence-electron chi connectivity index (χ2n) is 7.62. The molecule has 16 heavy (non-hydrogen) atoms. The lowest BCUT2D eigenvalue weighted by Crippen LogP contribution is -2.47. The molecule has 1 spiro atoms. The Morgan fingerprint density at radius 2 is 1.81 bits per heavy atom. The molecule has 1 nitrogen and oxygen atoms in total. The van der Waals surface area contributed by atoms with Crippen molar-refractivity contribution in [3.63, 3.8) is 0 Å². The second-order valence-corrected chi connectivity index (χ2v) is 7.62. The van der Waals surface area contributed by atoms with Gasteiger partial charge in [0.15, 0.2) is 0 Å². The van der Waals surface area contributed by atoms with Gasteiger partial charge in [0.2, 0.25) is 0 Å². The van der Waals surface area contributed by atoms with Gasteiger partial charge in [0.25, 0.3) is 0 Å². The van der Waals surface area contributed by atoms with Gasteiger partial charge in [-0.05, 0) is 43.9 Å². The SMILES string of the molecule is C[C@H]1CC[C@@]2(C)[C@@]13CCC[C@]3(C)[C@H]1O[C@]12C. The summed E-state index contributed by atoms with van der Waals surface area (Å²) in [6.07, 6.45) is 7.72. The van der Waals surface area contributed by atoms with E-state index < -0.39 is 0 Å². The summed E-state index contributed by atoms with van der Waals surface area (Å²) in [5.41, 5.74) is 1.80. The van der Waals surface area contributed by atoms with Crippen molar-refractivity contribution in [3.05, 3.63) is 0 Å². The van der Waals surface area contributed by atoms with Crippen molar-refractivity contribution < 1.29 is 4.74 Å². The zero-order chi connectivity index (χ0) is 11.4. The highest BCUT2D eigenvalue weighted by atomic mass is 16.6. The fraction of sp³-hybridized carbons (Fsp3) is 1.00. The third-order valence-electron chi connectivity index (χ3n) is 7.67. The molecule has 1 saturated heterocycles. The van der Waals surface area contributed by atoms with Gasteiger partial charge in [-0.1, -0.05) is 27.2 Å². The maximum Gasteiger partial charge on any atom is 0.0985 e. The molecule has 90 valence electrons. The van der Waals surface area contributed by atoms with Crippen molar-refractivity contribution >= 4 is 0 Å². The molecule has 4 rings (SSSR count). The maximum atomic E-state index is 6.22. The lowest BCUT2D eigenvalue weighted by molar-refractivity contribution is -0.0841. The molecule has 0 N–H and O–H groups in total. The second kappa shape index (κ2) is 2.25. The van der Waals surface area contributed by atoms with Crippen LogP contribution in [0.1, 0.15) is 59.8 Å². The summed E-state index contributed by atoms with van der Waals surface area (Å²) in [5, 5.41) is 0. The predicted octanol–water partition coefficient (Wildman–Crippen LogP) is 3.77. The molecule has 0 aromatic carbocycles. The Bertz CT molecular complexity index is 378. The van der Waals surface area contributed by atoms with Gasteiger partial charge >= 0.3 is 0 Å². The molecule has 3 saturated carbocycles. The summed E-state index contributed by atoms with van der Waals surface area (Å²) in [7, 11) is 0. The molecule has 6 atom stereocenters. The fourth-order valence-electron chi connectivity index (χ4n) is 6.90.